The molecule has 1 aliphatic rings. The maximum atomic E-state index is 12.0. The number of fused-ring (bicyclic) bond motifs is 1. The van der Waals surface area contributed by atoms with E-state index in [1.807, 2.05) is 0 Å². The standard InChI is InChI=1S/C15H22ClNOS/c1-11(10-16)5-4-8-17-15(18)14-9-12-6-2-3-7-13(12)19-14/h9,11H,2-8,10H2,1H3,(H,17,18). The molecule has 1 unspecified atom stereocenters. The van der Waals surface area contributed by atoms with Crippen LogP contribution in [0.5, 0.6) is 0 Å². The molecule has 106 valence electrons. The lowest BCUT2D eigenvalue weighted by Gasteiger charge is -2.08. The highest BCUT2D eigenvalue weighted by atomic mass is 35.5. The molecule has 0 bridgehead atoms. The van der Waals surface area contributed by atoms with Crippen LogP contribution < -0.4 is 5.32 Å². The Hall–Kier alpha value is -0.540. The smallest absolute Gasteiger partial charge is 0.261 e. The van der Waals surface area contributed by atoms with E-state index in [9.17, 15) is 4.79 Å². The Bertz CT molecular complexity index is 406. The number of halogens is 1. The molecule has 0 aliphatic heterocycles. The number of carbonyl (C=O) groups excluding carboxylic acids is 1. The summed E-state index contributed by atoms with van der Waals surface area (Å²) in [5.74, 6) is 1.33. The van der Waals surface area contributed by atoms with Gasteiger partial charge in [-0.15, -0.1) is 22.9 Å². The normalized spacial score (nSPS) is 15.9. The van der Waals surface area contributed by atoms with Gasteiger partial charge in [0, 0.05) is 17.3 Å². The van der Waals surface area contributed by atoms with E-state index in [2.05, 4.69) is 18.3 Å². The molecule has 1 heterocycles. The predicted molar refractivity (Wildman–Crippen MR) is 82.4 cm³/mol. The van der Waals surface area contributed by atoms with Crippen LogP contribution in [0.1, 0.15) is 52.7 Å². The maximum absolute atomic E-state index is 12.0. The lowest BCUT2D eigenvalue weighted by atomic mass is 9.99. The number of aryl methyl sites for hydroxylation is 2. The van der Waals surface area contributed by atoms with Gasteiger partial charge in [-0.1, -0.05) is 6.92 Å². The molecule has 1 N–H and O–H groups in total. The van der Waals surface area contributed by atoms with Crippen molar-refractivity contribution in [2.24, 2.45) is 5.92 Å². The molecule has 1 aliphatic carbocycles. The van der Waals surface area contributed by atoms with Crippen molar-refractivity contribution in [1.82, 2.24) is 5.32 Å². The van der Waals surface area contributed by atoms with Gasteiger partial charge in [-0.2, -0.15) is 0 Å². The van der Waals surface area contributed by atoms with E-state index in [1.165, 1.54) is 23.3 Å². The molecule has 0 aromatic carbocycles. The Balaban J connectivity index is 1.78. The summed E-state index contributed by atoms with van der Waals surface area (Å²) in [7, 11) is 0. The number of thiophene rings is 1. The molecule has 1 aromatic rings. The van der Waals surface area contributed by atoms with Crippen molar-refractivity contribution in [3.63, 3.8) is 0 Å². The van der Waals surface area contributed by atoms with Crippen LogP contribution in [0.3, 0.4) is 0 Å². The van der Waals surface area contributed by atoms with Crippen LogP contribution in [0.2, 0.25) is 0 Å². The van der Waals surface area contributed by atoms with Crippen LogP contribution in [0, 0.1) is 5.92 Å². The molecule has 0 spiro atoms. The number of carbonyl (C=O) groups is 1. The van der Waals surface area contributed by atoms with E-state index < -0.39 is 0 Å². The van der Waals surface area contributed by atoms with E-state index in [0.717, 1.165) is 37.1 Å². The second-order valence-electron chi connectivity index (χ2n) is 5.42. The van der Waals surface area contributed by atoms with Gasteiger partial charge in [0.05, 0.1) is 4.88 Å². The van der Waals surface area contributed by atoms with E-state index in [0.29, 0.717) is 11.8 Å². The zero-order chi connectivity index (χ0) is 13.7. The van der Waals surface area contributed by atoms with E-state index in [1.54, 1.807) is 11.3 Å². The zero-order valence-corrected chi connectivity index (χ0v) is 13.1. The largest absolute Gasteiger partial charge is 0.351 e. The Kier molecular flexibility index (Phi) is 5.71. The van der Waals surface area contributed by atoms with Crippen molar-refractivity contribution in [3.05, 3.63) is 21.4 Å². The minimum Gasteiger partial charge on any atom is -0.351 e. The molecule has 2 nitrogen and oxygen atoms in total. The van der Waals surface area contributed by atoms with Gasteiger partial charge in [0.25, 0.3) is 5.91 Å². The average Bonchev–Trinajstić information content (AvgIpc) is 2.87. The molecular weight excluding hydrogens is 278 g/mol. The van der Waals surface area contributed by atoms with Gasteiger partial charge >= 0.3 is 0 Å². The lowest BCUT2D eigenvalue weighted by Crippen LogP contribution is -2.23. The summed E-state index contributed by atoms with van der Waals surface area (Å²) in [6, 6.07) is 2.09. The van der Waals surface area contributed by atoms with Crippen molar-refractivity contribution in [2.45, 2.75) is 45.4 Å². The van der Waals surface area contributed by atoms with Crippen LogP contribution in [0.4, 0.5) is 0 Å². The van der Waals surface area contributed by atoms with Gasteiger partial charge in [0.15, 0.2) is 0 Å². The number of nitrogens with one attached hydrogen (secondary N) is 1. The van der Waals surface area contributed by atoms with Gasteiger partial charge in [-0.3, -0.25) is 4.79 Å². The van der Waals surface area contributed by atoms with E-state index in [4.69, 9.17) is 11.6 Å². The third-order valence-corrected chi connectivity index (χ3v) is 5.41. The second kappa shape index (κ2) is 7.30. The third-order valence-electron chi connectivity index (χ3n) is 3.64. The highest BCUT2D eigenvalue weighted by molar-refractivity contribution is 7.14. The first-order valence-electron chi connectivity index (χ1n) is 7.16. The van der Waals surface area contributed by atoms with Crippen LogP contribution in [0.25, 0.3) is 0 Å². The highest BCUT2D eigenvalue weighted by Gasteiger charge is 2.16. The first kappa shape index (κ1) is 14.9. The van der Waals surface area contributed by atoms with Gasteiger partial charge in [-0.25, -0.2) is 0 Å². The molecule has 19 heavy (non-hydrogen) atoms. The molecule has 4 heteroatoms. The van der Waals surface area contributed by atoms with Crippen LogP contribution in [-0.4, -0.2) is 18.3 Å². The van der Waals surface area contributed by atoms with Crippen molar-refractivity contribution in [2.75, 3.05) is 12.4 Å². The molecule has 0 saturated carbocycles. The molecule has 0 radical (unpaired) electrons. The lowest BCUT2D eigenvalue weighted by molar-refractivity contribution is 0.0956. The Morgan fingerprint density at radius 2 is 2.26 bits per heavy atom. The first-order chi connectivity index (χ1) is 9.20. The van der Waals surface area contributed by atoms with Gasteiger partial charge < -0.3 is 5.32 Å². The minimum atomic E-state index is 0.0953. The summed E-state index contributed by atoms with van der Waals surface area (Å²) < 4.78 is 0. The maximum Gasteiger partial charge on any atom is 0.261 e. The Morgan fingerprint density at radius 3 is 3.00 bits per heavy atom. The fourth-order valence-corrected chi connectivity index (χ4v) is 3.74. The zero-order valence-electron chi connectivity index (χ0n) is 11.5. The number of alkyl halides is 1. The van der Waals surface area contributed by atoms with Gasteiger partial charge in [-0.05, 0) is 56.1 Å². The summed E-state index contributed by atoms with van der Waals surface area (Å²) in [5, 5.41) is 3.02. The van der Waals surface area contributed by atoms with Crippen LogP contribution in [0.15, 0.2) is 6.07 Å². The first-order valence-corrected chi connectivity index (χ1v) is 8.51. The van der Waals surface area contributed by atoms with Gasteiger partial charge in [0.2, 0.25) is 0 Å². The summed E-state index contributed by atoms with van der Waals surface area (Å²) in [5.41, 5.74) is 1.40. The minimum absolute atomic E-state index is 0.0953. The van der Waals surface area contributed by atoms with Crippen molar-refractivity contribution in [1.29, 1.82) is 0 Å². The Morgan fingerprint density at radius 1 is 1.47 bits per heavy atom. The number of hydrogen-bond acceptors (Lipinski definition) is 2. The predicted octanol–water partition coefficient (Wildman–Crippen LogP) is 4.01. The summed E-state index contributed by atoms with van der Waals surface area (Å²) in [6.07, 6.45) is 6.91. The van der Waals surface area contributed by atoms with Crippen molar-refractivity contribution in [3.8, 4) is 0 Å². The third kappa shape index (κ3) is 4.22. The molecule has 0 saturated heterocycles. The van der Waals surface area contributed by atoms with E-state index >= 15 is 0 Å². The van der Waals surface area contributed by atoms with E-state index in [-0.39, 0.29) is 5.91 Å². The molecular formula is C15H22ClNOS. The summed E-state index contributed by atoms with van der Waals surface area (Å²) in [6.45, 7) is 2.89. The van der Waals surface area contributed by atoms with Crippen LogP contribution in [-0.2, 0) is 12.8 Å². The highest BCUT2D eigenvalue weighted by Crippen LogP contribution is 2.29. The molecule has 2 rings (SSSR count). The van der Waals surface area contributed by atoms with Crippen molar-refractivity contribution >= 4 is 28.8 Å². The molecule has 1 aromatic heterocycles. The van der Waals surface area contributed by atoms with Crippen molar-refractivity contribution < 1.29 is 4.79 Å². The van der Waals surface area contributed by atoms with Crippen LogP contribution >= 0.6 is 22.9 Å². The Labute approximate surface area is 124 Å². The molecule has 0 fully saturated rings. The number of rotatable bonds is 6. The topological polar surface area (TPSA) is 29.1 Å². The summed E-state index contributed by atoms with van der Waals surface area (Å²) >= 11 is 7.44. The monoisotopic (exact) mass is 299 g/mol. The fraction of sp³-hybridized carbons (Fsp3) is 0.667. The molecule has 1 amide bonds. The van der Waals surface area contributed by atoms with Gasteiger partial charge in [0.1, 0.15) is 0 Å². The number of hydrogen-bond donors (Lipinski definition) is 1. The quantitative estimate of drug-likeness (QED) is 0.624. The average molecular weight is 300 g/mol. The molecule has 1 atom stereocenters. The SMILES string of the molecule is CC(CCl)CCCNC(=O)c1cc2c(s1)CCCC2. The second-order valence-corrected chi connectivity index (χ2v) is 6.87. The summed E-state index contributed by atoms with van der Waals surface area (Å²) in [4.78, 5) is 14.4. The number of amides is 1. The fourth-order valence-electron chi connectivity index (χ4n) is 2.42.